The molecule has 0 rings (SSSR count). The highest BCUT2D eigenvalue weighted by atomic mass is 32.2. The van der Waals surface area contributed by atoms with Crippen molar-refractivity contribution in [2.24, 2.45) is 5.73 Å². The number of nitrogens with one attached hydrogen (secondary N) is 1. The minimum Gasteiger partial charge on any atom is -0.387 e. The van der Waals surface area contributed by atoms with Crippen LogP contribution in [0.5, 0.6) is 0 Å². The molecule has 2 unspecified atom stereocenters. The number of hydrogen-bond donors (Lipinski definition) is 2. The van der Waals surface area contributed by atoms with Gasteiger partial charge in [0.1, 0.15) is 5.84 Å². The van der Waals surface area contributed by atoms with Gasteiger partial charge >= 0.3 is 0 Å². The third-order valence-electron chi connectivity index (χ3n) is 1.69. The second kappa shape index (κ2) is 5.47. The molecule has 0 aromatic rings. The summed E-state index contributed by atoms with van der Waals surface area (Å²) in [4.78, 5) is 0. The first kappa shape index (κ1) is 10.8. The average molecular weight is 174 g/mol. The highest BCUT2D eigenvalue weighted by molar-refractivity contribution is 8.01. The van der Waals surface area contributed by atoms with Gasteiger partial charge < -0.3 is 5.73 Å². The molecule has 0 aliphatic carbocycles. The van der Waals surface area contributed by atoms with Crippen molar-refractivity contribution in [3.63, 3.8) is 0 Å². The summed E-state index contributed by atoms with van der Waals surface area (Å²) in [6.45, 7) is 6.40. The zero-order chi connectivity index (χ0) is 8.85. The second-order valence-corrected chi connectivity index (χ2v) is 4.35. The average Bonchev–Trinajstić information content (AvgIpc) is 1.99. The number of hydrogen-bond acceptors (Lipinski definition) is 2. The molecule has 0 radical (unpaired) electrons. The molecule has 0 bridgehead atoms. The van der Waals surface area contributed by atoms with E-state index in [0.717, 1.165) is 12.8 Å². The van der Waals surface area contributed by atoms with Crippen LogP contribution in [0.25, 0.3) is 0 Å². The Kier molecular flexibility index (Phi) is 5.38. The summed E-state index contributed by atoms with van der Waals surface area (Å²) in [7, 11) is 0. The lowest BCUT2D eigenvalue weighted by molar-refractivity contribution is 0.890. The van der Waals surface area contributed by atoms with Crippen LogP contribution >= 0.6 is 11.8 Å². The van der Waals surface area contributed by atoms with Gasteiger partial charge in [0.2, 0.25) is 0 Å². The van der Waals surface area contributed by atoms with E-state index < -0.39 is 0 Å². The maximum atomic E-state index is 7.28. The molecule has 0 spiro atoms. The molecule has 0 aromatic carbocycles. The Balaban J connectivity index is 3.77. The topological polar surface area (TPSA) is 49.9 Å². The molecule has 0 saturated carbocycles. The van der Waals surface area contributed by atoms with Gasteiger partial charge in [-0.1, -0.05) is 20.8 Å². The summed E-state index contributed by atoms with van der Waals surface area (Å²) in [5.41, 5.74) is 5.41. The van der Waals surface area contributed by atoms with Crippen molar-refractivity contribution in [3.05, 3.63) is 0 Å². The van der Waals surface area contributed by atoms with Crippen molar-refractivity contribution in [3.8, 4) is 0 Å². The van der Waals surface area contributed by atoms with Gasteiger partial charge in [0, 0.05) is 5.25 Å². The zero-order valence-electron chi connectivity index (χ0n) is 7.55. The van der Waals surface area contributed by atoms with Gasteiger partial charge in [-0.15, -0.1) is 11.8 Å². The monoisotopic (exact) mass is 174 g/mol. The first-order valence-corrected chi connectivity index (χ1v) is 5.05. The van der Waals surface area contributed by atoms with E-state index >= 15 is 0 Å². The Hall–Kier alpha value is -0.180. The molecule has 2 nitrogen and oxygen atoms in total. The van der Waals surface area contributed by atoms with E-state index in [2.05, 4.69) is 20.8 Å². The predicted molar refractivity (Wildman–Crippen MR) is 53.3 cm³/mol. The number of thioether (sulfide) groups is 1. The molecular weight excluding hydrogens is 156 g/mol. The van der Waals surface area contributed by atoms with Crippen LogP contribution in [-0.2, 0) is 0 Å². The molecule has 2 atom stereocenters. The quantitative estimate of drug-likeness (QED) is 0.496. The summed E-state index contributed by atoms with van der Waals surface area (Å²) in [5.74, 6) is 0.317. The van der Waals surface area contributed by atoms with Gasteiger partial charge in [-0.3, -0.25) is 5.41 Å². The second-order valence-electron chi connectivity index (χ2n) is 2.71. The number of rotatable bonds is 5. The highest BCUT2D eigenvalue weighted by Gasteiger charge is 2.12. The van der Waals surface area contributed by atoms with Crippen molar-refractivity contribution in [2.75, 3.05) is 0 Å². The van der Waals surface area contributed by atoms with Crippen molar-refractivity contribution in [2.45, 2.75) is 44.1 Å². The number of nitrogens with two attached hydrogens (primary N) is 1. The van der Waals surface area contributed by atoms with E-state index in [1.807, 2.05) is 0 Å². The summed E-state index contributed by atoms with van der Waals surface area (Å²) in [6.07, 6.45) is 2.11. The molecule has 0 fully saturated rings. The Bertz CT molecular complexity index is 125. The fourth-order valence-corrected chi connectivity index (χ4v) is 1.86. The summed E-state index contributed by atoms with van der Waals surface area (Å²) >= 11 is 1.80. The van der Waals surface area contributed by atoms with Crippen LogP contribution < -0.4 is 5.73 Å². The fraction of sp³-hybridized carbons (Fsp3) is 0.875. The van der Waals surface area contributed by atoms with Crippen LogP contribution in [-0.4, -0.2) is 16.3 Å². The van der Waals surface area contributed by atoms with Gasteiger partial charge in [-0.2, -0.15) is 0 Å². The molecule has 3 heteroatoms. The standard InChI is InChI=1S/C8H18N2S/c1-4-6(3)11-7(5-2)8(9)10/h6-7H,4-5H2,1-3H3,(H3,9,10). The van der Waals surface area contributed by atoms with Crippen molar-refractivity contribution in [1.82, 2.24) is 0 Å². The summed E-state index contributed by atoms with van der Waals surface area (Å²) in [5, 5.41) is 8.12. The van der Waals surface area contributed by atoms with Crippen LogP contribution in [0, 0.1) is 5.41 Å². The fourth-order valence-electron chi connectivity index (χ4n) is 0.766. The zero-order valence-corrected chi connectivity index (χ0v) is 8.37. The summed E-state index contributed by atoms with van der Waals surface area (Å²) < 4.78 is 0. The maximum Gasteiger partial charge on any atom is 0.104 e. The van der Waals surface area contributed by atoms with Gasteiger partial charge in [0.05, 0.1) is 5.25 Å². The Morgan fingerprint density at radius 2 is 2.00 bits per heavy atom. The molecule has 0 saturated heterocycles. The van der Waals surface area contributed by atoms with Gasteiger partial charge in [-0.05, 0) is 12.8 Å². The Labute approximate surface area is 73.4 Å². The van der Waals surface area contributed by atoms with Crippen LogP contribution in [0.4, 0.5) is 0 Å². The highest BCUT2D eigenvalue weighted by Crippen LogP contribution is 2.21. The van der Waals surface area contributed by atoms with Crippen LogP contribution in [0.3, 0.4) is 0 Å². The lowest BCUT2D eigenvalue weighted by atomic mass is 10.3. The molecular formula is C8H18N2S. The molecule has 0 aliphatic rings. The normalized spacial score (nSPS) is 15.9. The Morgan fingerprint density at radius 3 is 2.27 bits per heavy atom. The van der Waals surface area contributed by atoms with E-state index in [1.54, 1.807) is 11.8 Å². The van der Waals surface area contributed by atoms with E-state index in [-0.39, 0.29) is 5.25 Å². The molecule has 0 amide bonds. The van der Waals surface area contributed by atoms with E-state index in [9.17, 15) is 0 Å². The van der Waals surface area contributed by atoms with Gasteiger partial charge in [0.25, 0.3) is 0 Å². The van der Waals surface area contributed by atoms with E-state index in [0.29, 0.717) is 11.1 Å². The van der Waals surface area contributed by atoms with Crippen LogP contribution in [0.15, 0.2) is 0 Å². The molecule has 0 aromatic heterocycles. The van der Waals surface area contributed by atoms with Gasteiger partial charge in [0.15, 0.2) is 0 Å². The van der Waals surface area contributed by atoms with Crippen molar-refractivity contribution >= 4 is 17.6 Å². The minimum atomic E-state index is 0.227. The predicted octanol–water partition coefficient (Wildman–Crippen LogP) is 2.23. The lowest BCUT2D eigenvalue weighted by Crippen LogP contribution is -2.25. The molecule has 0 aliphatic heterocycles. The van der Waals surface area contributed by atoms with Crippen LogP contribution in [0.1, 0.15) is 33.6 Å². The number of amidine groups is 1. The minimum absolute atomic E-state index is 0.227. The molecule has 66 valence electrons. The first-order valence-electron chi connectivity index (χ1n) is 4.11. The van der Waals surface area contributed by atoms with Crippen molar-refractivity contribution in [1.29, 1.82) is 5.41 Å². The first-order chi connectivity index (χ1) is 5.11. The summed E-state index contributed by atoms with van der Waals surface area (Å²) in [6, 6.07) is 0. The largest absolute Gasteiger partial charge is 0.387 e. The SMILES string of the molecule is CCC(C)SC(CC)C(=N)N. The lowest BCUT2D eigenvalue weighted by Gasteiger charge is -2.16. The molecule has 3 N–H and O–H groups in total. The maximum absolute atomic E-state index is 7.28. The smallest absolute Gasteiger partial charge is 0.104 e. The van der Waals surface area contributed by atoms with E-state index in [4.69, 9.17) is 11.1 Å². The third-order valence-corrected chi connectivity index (χ3v) is 3.40. The molecule has 11 heavy (non-hydrogen) atoms. The molecule has 0 heterocycles. The Morgan fingerprint density at radius 1 is 1.45 bits per heavy atom. The van der Waals surface area contributed by atoms with Gasteiger partial charge in [-0.25, -0.2) is 0 Å². The van der Waals surface area contributed by atoms with E-state index in [1.165, 1.54) is 0 Å². The third kappa shape index (κ3) is 4.30. The van der Waals surface area contributed by atoms with Crippen molar-refractivity contribution < 1.29 is 0 Å². The van der Waals surface area contributed by atoms with Crippen LogP contribution in [0.2, 0.25) is 0 Å².